The Kier molecular flexibility index (Phi) is 7.95. The van der Waals surface area contributed by atoms with Crippen LogP contribution in [0.25, 0.3) is 6.08 Å². The number of hydrogen-bond acceptors (Lipinski definition) is 6. The first-order chi connectivity index (χ1) is 14.4. The van der Waals surface area contributed by atoms with Gasteiger partial charge in [-0.1, -0.05) is 36.5 Å². The molecule has 30 heavy (non-hydrogen) atoms. The van der Waals surface area contributed by atoms with Crippen LogP contribution in [0.4, 0.5) is 5.69 Å². The van der Waals surface area contributed by atoms with Gasteiger partial charge in [0.2, 0.25) is 5.91 Å². The van der Waals surface area contributed by atoms with Crippen molar-refractivity contribution in [3.63, 3.8) is 0 Å². The first-order valence-electron chi connectivity index (χ1n) is 9.64. The monoisotopic (exact) mass is 458 g/mol. The normalized spacial score (nSPS) is 15.1. The quantitative estimate of drug-likeness (QED) is 0.237. The first-order valence-corrected chi connectivity index (χ1v) is 11.7. The van der Waals surface area contributed by atoms with Crippen molar-refractivity contribution in [2.24, 2.45) is 0 Å². The summed E-state index contributed by atoms with van der Waals surface area (Å²) in [5.74, 6) is -0.100. The van der Waals surface area contributed by atoms with E-state index in [9.17, 15) is 14.4 Å². The molecule has 1 N–H and O–H groups in total. The number of Topliss-reactive ketones (excluding diaryl/α,β-unsaturated/α-hetero) is 1. The number of nitrogens with one attached hydrogen (secondary N) is 1. The van der Waals surface area contributed by atoms with Gasteiger partial charge in [0.15, 0.2) is 5.78 Å². The summed E-state index contributed by atoms with van der Waals surface area (Å²) in [5.41, 5.74) is 1.30. The van der Waals surface area contributed by atoms with Crippen LogP contribution in [-0.4, -0.2) is 33.4 Å². The van der Waals surface area contributed by atoms with Crippen LogP contribution in [0.1, 0.15) is 47.8 Å². The lowest BCUT2D eigenvalue weighted by atomic mass is 10.1. The molecule has 2 amide bonds. The van der Waals surface area contributed by atoms with Gasteiger partial charge in [-0.25, -0.2) is 0 Å². The number of unbranched alkanes of at least 4 members (excludes halogenated alkanes) is 2. The van der Waals surface area contributed by atoms with E-state index in [0.29, 0.717) is 33.4 Å². The molecule has 8 heteroatoms. The average Bonchev–Trinajstić information content (AvgIpc) is 3.31. The summed E-state index contributed by atoms with van der Waals surface area (Å²) in [6.45, 7) is 2.08. The number of anilines is 1. The van der Waals surface area contributed by atoms with Gasteiger partial charge >= 0.3 is 0 Å². The van der Waals surface area contributed by atoms with E-state index in [2.05, 4.69) is 5.32 Å². The number of thiophene rings is 1. The molecule has 1 aliphatic heterocycles. The maximum atomic E-state index is 12.6. The molecular formula is C22H22N2O3S3. The Morgan fingerprint density at radius 1 is 1.13 bits per heavy atom. The number of thioether (sulfide) groups is 1. The molecular weight excluding hydrogens is 436 g/mol. The predicted octanol–water partition coefficient (Wildman–Crippen LogP) is 5.35. The Hall–Kier alpha value is -2.29. The molecule has 1 aliphatic rings. The molecule has 3 rings (SSSR count). The molecule has 0 atom stereocenters. The summed E-state index contributed by atoms with van der Waals surface area (Å²) < 4.78 is 0.592. The zero-order valence-corrected chi connectivity index (χ0v) is 19.0. The Labute approximate surface area is 189 Å². The summed E-state index contributed by atoms with van der Waals surface area (Å²) in [4.78, 5) is 39.3. The molecule has 2 aromatic rings. The molecule has 5 nitrogen and oxygen atoms in total. The minimum atomic E-state index is -0.0601. The van der Waals surface area contributed by atoms with E-state index < -0.39 is 0 Å². The SMILES string of the molecule is CC(=O)c1ccc(NC(=O)CCCCCN2C(=O)/C(=C\c3cccs3)SC2=S)cc1. The molecule has 0 bridgehead atoms. The second-order valence-corrected chi connectivity index (χ2v) is 9.50. The third kappa shape index (κ3) is 6.10. The Morgan fingerprint density at radius 2 is 1.90 bits per heavy atom. The van der Waals surface area contributed by atoms with Crippen molar-refractivity contribution in [3.05, 3.63) is 57.1 Å². The Morgan fingerprint density at radius 3 is 2.57 bits per heavy atom. The third-order valence-electron chi connectivity index (χ3n) is 4.55. The van der Waals surface area contributed by atoms with Crippen LogP contribution in [0.5, 0.6) is 0 Å². The van der Waals surface area contributed by atoms with Gasteiger partial charge in [-0.15, -0.1) is 11.3 Å². The highest BCUT2D eigenvalue weighted by atomic mass is 32.2. The van der Waals surface area contributed by atoms with Crippen molar-refractivity contribution in [1.29, 1.82) is 0 Å². The summed E-state index contributed by atoms with van der Waals surface area (Å²) in [7, 11) is 0. The second-order valence-electron chi connectivity index (χ2n) is 6.84. The molecule has 0 aliphatic carbocycles. The molecule has 0 spiro atoms. The molecule has 2 heterocycles. The number of ketones is 1. The number of nitrogens with zero attached hydrogens (tertiary/aromatic N) is 1. The summed E-state index contributed by atoms with van der Waals surface area (Å²) >= 11 is 8.28. The van der Waals surface area contributed by atoms with Crippen LogP contribution in [0, 0.1) is 0 Å². The predicted molar refractivity (Wildman–Crippen MR) is 128 cm³/mol. The number of hydrogen-bond donors (Lipinski definition) is 1. The number of benzene rings is 1. The number of amides is 2. The minimum absolute atomic E-state index is 0.00336. The fourth-order valence-corrected chi connectivity index (χ4v) is 4.97. The maximum absolute atomic E-state index is 12.6. The van der Waals surface area contributed by atoms with E-state index in [1.165, 1.54) is 18.7 Å². The van der Waals surface area contributed by atoms with Crippen molar-refractivity contribution >= 4 is 69.0 Å². The van der Waals surface area contributed by atoms with Crippen LogP contribution in [0.15, 0.2) is 46.7 Å². The lowest BCUT2D eigenvalue weighted by molar-refractivity contribution is -0.122. The standard InChI is InChI=1S/C22H22N2O3S3/c1-15(25)16-8-10-17(11-9-16)23-20(26)7-3-2-4-12-24-21(27)19(30-22(24)28)14-18-6-5-13-29-18/h5-6,8-11,13-14H,2-4,7,12H2,1H3,(H,23,26)/b19-14+. The van der Waals surface area contributed by atoms with Crippen molar-refractivity contribution in [2.75, 3.05) is 11.9 Å². The van der Waals surface area contributed by atoms with E-state index in [0.717, 1.165) is 24.1 Å². The molecule has 1 aromatic carbocycles. The maximum Gasteiger partial charge on any atom is 0.266 e. The minimum Gasteiger partial charge on any atom is -0.326 e. The van der Waals surface area contributed by atoms with Crippen molar-refractivity contribution in [2.45, 2.75) is 32.6 Å². The van der Waals surface area contributed by atoms with Gasteiger partial charge in [0, 0.05) is 29.1 Å². The fourth-order valence-electron chi connectivity index (χ4n) is 2.94. The molecule has 1 saturated heterocycles. The number of carbonyl (C=O) groups excluding carboxylic acids is 3. The number of rotatable bonds is 9. The van der Waals surface area contributed by atoms with E-state index in [4.69, 9.17) is 12.2 Å². The lowest BCUT2D eigenvalue weighted by Gasteiger charge is -2.14. The fraction of sp³-hybridized carbons (Fsp3) is 0.273. The van der Waals surface area contributed by atoms with Crippen molar-refractivity contribution < 1.29 is 14.4 Å². The van der Waals surface area contributed by atoms with Crippen LogP contribution >= 0.6 is 35.3 Å². The zero-order valence-electron chi connectivity index (χ0n) is 16.6. The van der Waals surface area contributed by atoms with Crippen molar-refractivity contribution in [1.82, 2.24) is 4.90 Å². The molecule has 156 valence electrons. The van der Waals surface area contributed by atoms with E-state index in [-0.39, 0.29) is 17.6 Å². The largest absolute Gasteiger partial charge is 0.326 e. The van der Waals surface area contributed by atoms with Crippen LogP contribution < -0.4 is 5.32 Å². The Balaban J connectivity index is 1.37. The average molecular weight is 459 g/mol. The first kappa shape index (κ1) is 22.4. The third-order valence-corrected chi connectivity index (χ3v) is 6.75. The van der Waals surface area contributed by atoms with E-state index >= 15 is 0 Å². The van der Waals surface area contributed by atoms with Crippen LogP contribution in [-0.2, 0) is 9.59 Å². The summed E-state index contributed by atoms with van der Waals surface area (Å²) in [5, 5.41) is 4.81. The zero-order chi connectivity index (χ0) is 21.5. The second kappa shape index (κ2) is 10.7. The molecule has 0 radical (unpaired) electrons. The topological polar surface area (TPSA) is 66.5 Å². The summed E-state index contributed by atoms with van der Waals surface area (Å²) in [6.07, 6.45) is 4.65. The summed E-state index contributed by atoms with van der Waals surface area (Å²) in [6, 6.07) is 10.8. The number of carbonyl (C=O) groups is 3. The van der Waals surface area contributed by atoms with E-state index in [1.54, 1.807) is 40.5 Å². The van der Waals surface area contributed by atoms with Gasteiger partial charge in [0.25, 0.3) is 5.91 Å². The highest BCUT2D eigenvalue weighted by Gasteiger charge is 2.31. The highest BCUT2D eigenvalue weighted by Crippen LogP contribution is 2.33. The Bertz CT molecular complexity index is 966. The van der Waals surface area contributed by atoms with E-state index in [1.807, 2.05) is 23.6 Å². The molecule has 1 fully saturated rings. The van der Waals surface area contributed by atoms with Crippen LogP contribution in [0.3, 0.4) is 0 Å². The van der Waals surface area contributed by atoms with Gasteiger partial charge < -0.3 is 5.32 Å². The molecule has 1 aromatic heterocycles. The van der Waals surface area contributed by atoms with Gasteiger partial charge in [-0.05, 0) is 61.6 Å². The van der Waals surface area contributed by atoms with Crippen LogP contribution in [0.2, 0.25) is 0 Å². The van der Waals surface area contributed by atoms with Gasteiger partial charge in [-0.2, -0.15) is 0 Å². The lowest BCUT2D eigenvalue weighted by Crippen LogP contribution is -2.29. The number of thiocarbonyl (C=S) groups is 1. The van der Waals surface area contributed by atoms with Gasteiger partial charge in [0.05, 0.1) is 4.91 Å². The van der Waals surface area contributed by atoms with Gasteiger partial charge in [0.1, 0.15) is 4.32 Å². The van der Waals surface area contributed by atoms with Gasteiger partial charge in [-0.3, -0.25) is 19.3 Å². The molecule has 0 unspecified atom stereocenters. The van der Waals surface area contributed by atoms with Crippen molar-refractivity contribution in [3.8, 4) is 0 Å². The molecule has 0 saturated carbocycles. The smallest absolute Gasteiger partial charge is 0.266 e. The highest BCUT2D eigenvalue weighted by molar-refractivity contribution is 8.26.